The first kappa shape index (κ1) is 23.2. The average molecular weight is 500 g/mol. The van der Waals surface area contributed by atoms with E-state index in [0.29, 0.717) is 35.3 Å². The average Bonchev–Trinajstić information content (AvgIpc) is 3.47. The quantitative estimate of drug-likeness (QED) is 0.413. The van der Waals surface area contributed by atoms with Gasteiger partial charge in [-0.15, -0.1) is 0 Å². The van der Waals surface area contributed by atoms with E-state index in [1.54, 1.807) is 33.5 Å². The molecule has 184 valence electrons. The van der Waals surface area contributed by atoms with E-state index in [1.807, 2.05) is 12.1 Å². The van der Waals surface area contributed by atoms with Crippen molar-refractivity contribution in [3.63, 3.8) is 0 Å². The van der Waals surface area contributed by atoms with Gasteiger partial charge in [0.05, 0.1) is 32.2 Å². The van der Waals surface area contributed by atoms with Gasteiger partial charge in [0, 0.05) is 31.9 Å². The number of ether oxygens (including phenoxy) is 3. The van der Waals surface area contributed by atoms with E-state index in [9.17, 15) is 9.50 Å². The van der Waals surface area contributed by atoms with Crippen LogP contribution in [0.3, 0.4) is 0 Å². The number of methoxy groups -OCH3 is 3. The molecule has 1 atom stereocenters. The van der Waals surface area contributed by atoms with Gasteiger partial charge in [-0.25, -0.2) is 9.37 Å². The van der Waals surface area contributed by atoms with Crippen molar-refractivity contribution >= 4 is 22.0 Å². The Morgan fingerprint density at radius 3 is 2.20 bits per heavy atom. The molecule has 1 aliphatic rings. The van der Waals surface area contributed by atoms with Crippen LogP contribution < -0.4 is 19.1 Å². The molecule has 0 saturated carbocycles. The number of rotatable bonds is 7. The molecule has 1 aliphatic heterocycles. The second-order valence-electron chi connectivity index (χ2n) is 8.10. The number of aromatic nitrogens is 3. The van der Waals surface area contributed by atoms with Gasteiger partial charge >= 0.3 is 0 Å². The largest absolute Gasteiger partial charge is 0.493 e. The number of piperazine rings is 1. The Labute approximate surface area is 205 Å². The van der Waals surface area contributed by atoms with Crippen molar-refractivity contribution in [2.45, 2.75) is 6.04 Å². The van der Waals surface area contributed by atoms with Crippen LogP contribution in [-0.4, -0.2) is 72.1 Å². The number of nitrogens with zero attached hydrogens (tertiary/aromatic N) is 5. The van der Waals surface area contributed by atoms with E-state index in [1.165, 1.54) is 34.3 Å². The standard InChI is InChI=1S/C24H26FN5O4S/c1-32-18-12-15(13-19(33-2)21(18)34-3)20(22-23(31)30-24(35-22)26-14-27-30)29-10-8-28(9-11-29)17-6-4-16(25)5-7-17/h4-7,12-14,20,31H,8-11H2,1-3H3. The summed E-state index contributed by atoms with van der Waals surface area (Å²) in [5.41, 5.74) is 1.87. The van der Waals surface area contributed by atoms with Crippen LogP contribution in [0.25, 0.3) is 4.96 Å². The summed E-state index contributed by atoms with van der Waals surface area (Å²) in [6, 6.07) is 10.1. The minimum absolute atomic E-state index is 0.0576. The molecule has 35 heavy (non-hydrogen) atoms. The summed E-state index contributed by atoms with van der Waals surface area (Å²) in [6.07, 6.45) is 1.42. The lowest BCUT2D eigenvalue weighted by Crippen LogP contribution is -2.47. The fourth-order valence-corrected chi connectivity index (χ4v) is 5.64. The number of benzene rings is 2. The number of fused-ring (bicyclic) bond motifs is 1. The number of hydrogen-bond donors (Lipinski definition) is 1. The minimum Gasteiger partial charge on any atom is -0.493 e. The molecule has 1 fully saturated rings. The van der Waals surface area contributed by atoms with Crippen LogP contribution >= 0.6 is 11.3 Å². The Kier molecular flexibility index (Phi) is 6.35. The van der Waals surface area contributed by atoms with Crippen LogP contribution in [0.15, 0.2) is 42.7 Å². The monoisotopic (exact) mass is 499 g/mol. The summed E-state index contributed by atoms with van der Waals surface area (Å²) in [6.45, 7) is 2.92. The van der Waals surface area contributed by atoms with E-state index >= 15 is 0 Å². The van der Waals surface area contributed by atoms with Crippen molar-refractivity contribution < 1.29 is 23.7 Å². The summed E-state index contributed by atoms with van der Waals surface area (Å²) in [5, 5.41) is 15.2. The number of hydrogen-bond acceptors (Lipinski definition) is 9. The number of halogens is 1. The van der Waals surface area contributed by atoms with Crippen molar-refractivity contribution in [1.82, 2.24) is 19.5 Å². The molecule has 0 bridgehead atoms. The van der Waals surface area contributed by atoms with Crippen molar-refractivity contribution in [2.24, 2.45) is 0 Å². The highest BCUT2D eigenvalue weighted by Gasteiger charge is 2.33. The summed E-state index contributed by atoms with van der Waals surface area (Å²) in [7, 11) is 4.73. The molecule has 11 heteroatoms. The zero-order valence-electron chi connectivity index (χ0n) is 19.6. The molecule has 0 amide bonds. The first-order valence-corrected chi connectivity index (χ1v) is 11.9. The Bertz CT molecular complexity index is 1290. The molecule has 1 unspecified atom stereocenters. The molecule has 5 rings (SSSR count). The van der Waals surface area contributed by atoms with Gasteiger partial charge in [0.25, 0.3) is 0 Å². The number of aromatic hydroxyl groups is 1. The third-order valence-corrected chi connectivity index (χ3v) is 7.35. The highest BCUT2D eigenvalue weighted by atomic mass is 32.1. The van der Waals surface area contributed by atoms with E-state index in [4.69, 9.17) is 14.2 Å². The van der Waals surface area contributed by atoms with Gasteiger partial charge < -0.3 is 24.2 Å². The third kappa shape index (κ3) is 4.21. The van der Waals surface area contributed by atoms with Gasteiger partial charge in [-0.05, 0) is 42.0 Å². The molecule has 2 aromatic carbocycles. The maximum absolute atomic E-state index is 13.4. The fourth-order valence-electron chi connectivity index (χ4n) is 4.55. The molecule has 2 aromatic heterocycles. The van der Waals surface area contributed by atoms with E-state index in [0.717, 1.165) is 29.2 Å². The predicted molar refractivity (Wildman–Crippen MR) is 131 cm³/mol. The Hall–Kier alpha value is -3.57. The normalized spacial score (nSPS) is 15.4. The molecular formula is C24H26FN5O4S. The van der Waals surface area contributed by atoms with Gasteiger partial charge in [0.15, 0.2) is 11.5 Å². The fraction of sp³-hybridized carbons (Fsp3) is 0.333. The molecular weight excluding hydrogens is 473 g/mol. The molecule has 1 N–H and O–H groups in total. The SMILES string of the molecule is COc1cc(C(c2sc3ncnn3c2O)N2CCN(c3ccc(F)cc3)CC2)cc(OC)c1OC. The first-order chi connectivity index (χ1) is 17.0. The van der Waals surface area contributed by atoms with Gasteiger partial charge in [-0.1, -0.05) is 11.3 Å². The number of anilines is 1. The smallest absolute Gasteiger partial charge is 0.230 e. The van der Waals surface area contributed by atoms with Crippen LogP contribution in [0, 0.1) is 5.82 Å². The highest BCUT2D eigenvalue weighted by molar-refractivity contribution is 7.17. The highest BCUT2D eigenvalue weighted by Crippen LogP contribution is 2.45. The molecule has 3 heterocycles. The lowest BCUT2D eigenvalue weighted by atomic mass is 10.0. The van der Waals surface area contributed by atoms with Crippen LogP contribution in [0.5, 0.6) is 23.1 Å². The van der Waals surface area contributed by atoms with Crippen LogP contribution in [0.4, 0.5) is 10.1 Å². The second kappa shape index (κ2) is 9.59. The maximum Gasteiger partial charge on any atom is 0.230 e. The topological polar surface area (TPSA) is 84.6 Å². The number of thiazole rings is 1. The molecule has 0 spiro atoms. The van der Waals surface area contributed by atoms with Crippen LogP contribution in [0.1, 0.15) is 16.5 Å². The summed E-state index contributed by atoms with van der Waals surface area (Å²) in [5.74, 6) is 1.39. The Morgan fingerprint density at radius 1 is 0.971 bits per heavy atom. The van der Waals surface area contributed by atoms with E-state index < -0.39 is 0 Å². The van der Waals surface area contributed by atoms with Crippen LogP contribution in [0.2, 0.25) is 0 Å². The second-order valence-corrected chi connectivity index (χ2v) is 9.11. The Balaban J connectivity index is 1.53. The van der Waals surface area contributed by atoms with Gasteiger partial charge in [-0.2, -0.15) is 9.61 Å². The molecule has 4 aromatic rings. The Morgan fingerprint density at radius 2 is 1.63 bits per heavy atom. The molecule has 9 nitrogen and oxygen atoms in total. The van der Waals surface area contributed by atoms with Crippen molar-refractivity contribution in [2.75, 3.05) is 52.4 Å². The van der Waals surface area contributed by atoms with Gasteiger partial charge in [0.2, 0.25) is 16.6 Å². The summed E-state index contributed by atoms with van der Waals surface area (Å²) >= 11 is 1.39. The zero-order chi connectivity index (χ0) is 24.5. The van der Waals surface area contributed by atoms with Crippen LogP contribution in [-0.2, 0) is 0 Å². The maximum atomic E-state index is 13.4. The molecule has 0 aliphatic carbocycles. The predicted octanol–water partition coefficient (Wildman–Crippen LogP) is 3.57. The van der Waals surface area contributed by atoms with Crippen molar-refractivity contribution in [3.8, 4) is 23.1 Å². The lowest BCUT2D eigenvalue weighted by molar-refractivity contribution is 0.210. The minimum atomic E-state index is -0.299. The molecule has 0 radical (unpaired) electrons. The van der Waals surface area contributed by atoms with Gasteiger partial charge in [0.1, 0.15) is 12.1 Å². The van der Waals surface area contributed by atoms with Crippen molar-refractivity contribution in [3.05, 3.63) is 59.0 Å². The van der Waals surface area contributed by atoms with Gasteiger partial charge in [-0.3, -0.25) is 4.90 Å². The lowest BCUT2D eigenvalue weighted by Gasteiger charge is -2.40. The van der Waals surface area contributed by atoms with Crippen molar-refractivity contribution in [1.29, 1.82) is 0 Å². The zero-order valence-corrected chi connectivity index (χ0v) is 20.5. The van der Waals surface area contributed by atoms with E-state index in [2.05, 4.69) is 19.9 Å². The molecule has 1 saturated heterocycles. The third-order valence-electron chi connectivity index (χ3n) is 6.26. The summed E-state index contributed by atoms with van der Waals surface area (Å²) in [4.78, 5) is 10.1. The van der Waals surface area contributed by atoms with E-state index in [-0.39, 0.29) is 17.7 Å². The summed E-state index contributed by atoms with van der Waals surface area (Å²) < 4.78 is 31.5. The first-order valence-electron chi connectivity index (χ1n) is 11.1.